The molecule has 1 fully saturated rings. The van der Waals surface area contributed by atoms with Crippen molar-refractivity contribution in [3.8, 4) is 0 Å². The molecule has 4 heteroatoms. The lowest BCUT2D eigenvalue weighted by atomic mass is 9.74. The van der Waals surface area contributed by atoms with Crippen LogP contribution in [-0.4, -0.2) is 43.4 Å². The second-order valence-corrected chi connectivity index (χ2v) is 9.73. The number of anilines is 1. The van der Waals surface area contributed by atoms with Crippen LogP contribution in [0.4, 0.5) is 10.1 Å². The number of ketones is 1. The summed E-state index contributed by atoms with van der Waals surface area (Å²) < 4.78 is 14.1. The van der Waals surface area contributed by atoms with Gasteiger partial charge >= 0.3 is 0 Å². The Kier molecular flexibility index (Phi) is 5.83. The highest BCUT2D eigenvalue weighted by molar-refractivity contribution is 5.82. The first kappa shape index (κ1) is 20.6. The quantitative estimate of drug-likeness (QED) is 0.643. The molecule has 1 aliphatic carbocycles. The Hall–Kier alpha value is -1.68. The van der Waals surface area contributed by atoms with Crippen molar-refractivity contribution < 1.29 is 9.18 Å². The second-order valence-electron chi connectivity index (χ2n) is 9.73. The molecule has 3 aliphatic rings. The molecule has 4 rings (SSSR count). The molecule has 1 aromatic rings. The van der Waals surface area contributed by atoms with E-state index in [0.717, 1.165) is 61.5 Å². The molecule has 1 spiro atoms. The highest BCUT2D eigenvalue weighted by Gasteiger charge is 2.45. The fourth-order valence-electron chi connectivity index (χ4n) is 5.91. The van der Waals surface area contributed by atoms with Gasteiger partial charge in [0.2, 0.25) is 0 Å². The lowest BCUT2D eigenvalue weighted by Crippen LogP contribution is -2.47. The van der Waals surface area contributed by atoms with E-state index in [-0.39, 0.29) is 17.0 Å². The molecular formula is C25H35FN2O. The number of rotatable bonds is 6. The van der Waals surface area contributed by atoms with Gasteiger partial charge in [-0.05, 0) is 80.8 Å². The van der Waals surface area contributed by atoms with E-state index in [0.29, 0.717) is 6.54 Å². The van der Waals surface area contributed by atoms with Gasteiger partial charge in [0.1, 0.15) is 11.6 Å². The van der Waals surface area contributed by atoms with Crippen molar-refractivity contribution in [2.45, 2.75) is 51.9 Å². The van der Waals surface area contributed by atoms with Gasteiger partial charge in [0.15, 0.2) is 0 Å². The Labute approximate surface area is 175 Å². The Morgan fingerprint density at radius 1 is 1.28 bits per heavy atom. The van der Waals surface area contributed by atoms with Gasteiger partial charge in [-0.2, -0.15) is 0 Å². The minimum absolute atomic E-state index is 0.00707. The van der Waals surface area contributed by atoms with Crippen LogP contribution >= 0.6 is 0 Å². The van der Waals surface area contributed by atoms with Crippen molar-refractivity contribution in [1.29, 1.82) is 0 Å². The maximum absolute atomic E-state index is 14.1. The lowest BCUT2D eigenvalue weighted by Gasteiger charge is -2.41. The maximum atomic E-state index is 14.1. The number of halogens is 1. The van der Waals surface area contributed by atoms with Gasteiger partial charge in [-0.1, -0.05) is 32.4 Å². The number of allylic oxidation sites excluding steroid dienone is 2. The number of hydrogen-bond acceptors (Lipinski definition) is 3. The van der Waals surface area contributed by atoms with E-state index in [1.54, 1.807) is 13.0 Å². The summed E-state index contributed by atoms with van der Waals surface area (Å²) in [7, 11) is 0. The van der Waals surface area contributed by atoms with E-state index < -0.39 is 0 Å². The smallest absolute Gasteiger partial charge is 0.149 e. The van der Waals surface area contributed by atoms with Crippen LogP contribution in [0.5, 0.6) is 0 Å². The molecule has 3 atom stereocenters. The summed E-state index contributed by atoms with van der Waals surface area (Å²) in [5.74, 6) is 2.17. The highest BCUT2D eigenvalue weighted by Crippen LogP contribution is 2.47. The molecule has 1 aromatic carbocycles. The molecular weight excluding hydrogens is 363 g/mol. The third kappa shape index (κ3) is 4.14. The third-order valence-corrected chi connectivity index (χ3v) is 7.54. The van der Waals surface area contributed by atoms with Crippen LogP contribution in [-0.2, 0) is 10.2 Å². The number of piperidine rings is 1. The zero-order valence-electron chi connectivity index (χ0n) is 18.2. The summed E-state index contributed by atoms with van der Waals surface area (Å²) in [4.78, 5) is 16.6. The molecule has 1 saturated heterocycles. The summed E-state index contributed by atoms with van der Waals surface area (Å²) in [5.41, 5.74) is 2.18. The minimum Gasteiger partial charge on any atom is -0.363 e. The predicted molar refractivity (Wildman–Crippen MR) is 117 cm³/mol. The molecule has 29 heavy (non-hydrogen) atoms. The zero-order valence-corrected chi connectivity index (χ0v) is 18.2. The van der Waals surface area contributed by atoms with Gasteiger partial charge in [0.25, 0.3) is 0 Å². The van der Waals surface area contributed by atoms with Crippen molar-refractivity contribution in [3.63, 3.8) is 0 Å². The summed E-state index contributed by atoms with van der Waals surface area (Å²) in [6.45, 7) is 10.8. The highest BCUT2D eigenvalue weighted by atomic mass is 19.1. The molecule has 0 radical (unpaired) electrons. The van der Waals surface area contributed by atoms with E-state index in [2.05, 4.69) is 35.8 Å². The third-order valence-electron chi connectivity index (χ3n) is 7.54. The lowest BCUT2D eigenvalue weighted by molar-refractivity contribution is -0.115. The largest absolute Gasteiger partial charge is 0.363 e. The van der Waals surface area contributed by atoms with Gasteiger partial charge in [0, 0.05) is 24.2 Å². The van der Waals surface area contributed by atoms with Crippen molar-refractivity contribution in [3.05, 3.63) is 41.7 Å². The molecule has 2 aliphatic heterocycles. The average molecular weight is 399 g/mol. The minimum atomic E-state index is -0.164. The molecule has 0 N–H and O–H groups in total. The van der Waals surface area contributed by atoms with Gasteiger partial charge in [-0.25, -0.2) is 4.39 Å². The van der Waals surface area contributed by atoms with Gasteiger partial charge in [0.05, 0.1) is 6.54 Å². The van der Waals surface area contributed by atoms with Crippen molar-refractivity contribution in [2.24, 2.45) is 17.8 Å². The molecule has 0 amide bonds. The van der Waals surface area contributed by atoms with Crippen molar-refractivity contribution in [1.82, 2.24) is 4.90 Å². The summed E-state index contributed by atoms with van der Waals surface area (Å²) in [5, 5.41) is 0. The van der Waals surface area contributed by atoms with E-state index in [4.69, 9.17) is 0 Å². The maximum Gasteiger partial charge on any atom is 0.149 e. The van der Waals surface area contributed by atoms with Crippen LogP contribution in [0.15, 0.2) is 30.4 Å². The van der Waals surface area contributed by atoms with Crippen LogP contribution in [0.1, 0.15) is 52.0 Å². The first-order valence-corrected chi connectivity index (χ1v) is 11.4. The van der Waals surface area contributed by atoms with Crippen LogP contribution in [0.3, 0.4) is 0 Å². The Morgan fingerprint density at radius 2 is 2.03 bits per heavy atom. The molecule has 0 saturated carbocycles. The number of Topliss-reactive ketones (excluding diaryl/α,β-unsaturated/α-hetero) is 1. The standard InChI is InChI=1S/C25H35FN2O/c1-4-20(21-6-5-18(2)13-21)16-27-11-9-25(10-12-27)17-28(15-19(3)29)24-8-7-22(26)14-23(24)25/h5-8,14,18,20-21H,4,9-13,15-17H2,1-3H3/t18-,20-,21-/m0/s1. The van der Waals surface area contributed by atoms with Gasteiger partial charge in [-0.3, -0.25) is 4.79 Å². The number of nitrogens with zero attached hydrogens (tertiary/aromatic N) is 2. The summed E-state index contributed by atoms with van der Waals surface area (Å²) >= 11 is 0. The van der Waals surface area contributed by atoms with Crippen LogP contribution in [0.2, 0.25) is 0 Å². The average Bonchev–Trinajstić information content (AvgIpc) is 3.23. The molecule has 0 unspecified atom stereocenters. The molecule has 0 bridgehead atoms. The normalized spacial score (nSPS) is 26.8. The number of likely N-dealkylation sites (tertiary alicyclic amines) is 1. The van der Waals surface area contributed by atoms with Gasteiger partial charge < -0.3 is 9.80 Å². The van der Waals surface area contributed by atoms with Crippen molar-refractivity contribution in [2.75, 3.05) is 37.6 Å². The molecule has 3 nitrogen and oxygen atoms in total. The zero-order chi connectivity index (χ0) is 20.6. The number of benzene rings is 1. The fourth-order valence-corrected chi connectivity index (χ4v) is 5.91. The van der Waals surface area contributed by atoms with E-state index in [1.165, 1.54) is 25.5 Å². The number of carbonyl (C=O) groups excluding carboxylic acids is 1. The van der Waals surface area contributed by atoms with Crippen molar-refractivity contribution >= 4 is 11.5 Å². The SMILES string of the molecule is CC[C@@H](CN1CCC2(CC1)CN(CC(C)=O)c1ccc(F)cc12)[C@H]1C=C[C@H](C)C1. The topological polar surface area (TPSA) is 23.6 Å². The first-order valence-electron chi connectivity index (χ1n) is 11.4. The van der Waals surface area contributed by atoms with Crippen LogP contribution in [0.25, 0.3) is 0 Å². The Morgan fingerprint density at radius 3 is 2.66 bits per heavy atom. The predicted octanol–water partition coefficient (Wildman–Crippen LogP) is 4.81. The second kappa shape index (κ2) is 8.22. The van der Waals surface area contributed by atoms with Crippen LogP contribution in [0, 0.1) is 23.6 Å². The first-order chi connectivity index (χ1) is 13.9. The number of carbonyl (C=O) groups is 1. The fraction of sp³-hybridized carbons (Fsp3) is 0.640. The Balaban J connectivity index is 1.45. The summed E-state index contributed by atoms with van der Waals surface area (Å²) in [6, 6.07) is 5.13. The Bertz CT molecular complexity index is 781. The summed E-state index contributed by atoms with van der Waals surface area (Å²) in [6.07, 6.45) is 9.44. The molecule has 158 valence electrons. The number of fused-ring (bicyclic) bond motifs is 2. The van der Waals surface area contributed by atoms with E-state index >= 15 is 0 Å². The number of hydrogen-bond donors (Lipinski definition) is 0. The van der Waals surface area contributed by atoms with Gasteiger partial charge in [-0.15, -0.1) is 0 Å². The molecule has 2 heterocycles. The van der Waals surface area contributed by atoms with Crippen LogP contribution < -0.4 is 4.90 Å². The van der Waals surface area contributed by atoms with E-state index in [1.807, 2.05) is 6.07 Å². The molecule has 0 aromatic heterocycles. The monoisotopic (exact) mass is 398 g/mol. The van der Waals surface area contributed by atoms with E-state index in [9.17, 15) is 9.18 Å².